The van der Waals surface area contributed by atoms with Gasteiger partial charge in [0, 0.05) is 24.2 Å². The zero-order chi connectivity index (χ0) is 19.8. The lowest BCUT2D eigenvalue weighted by molar-refractivity contribution is -0.384. The molecular weight excluding hydrogens is 344 g/mol. The number of benzene rings is 2. The van der Waals surface area contributed by atoms with Gasteiger partial charge in [-0.1, -0.05) is 29.8 Å². The molecule has 0 spiro atoms. The highest BCUT2D eigenvalue weighted by Crippen LogP contribution is 2.26. The van der Waals surface area contributed by atoms with Crippen LogP contribution in [0.25, 0.3) is 0 Å². The summed E-state index contributed by atoms with van der Waals surface area (Å²) in [6.45, 7) is 7.12. The van der Waals surface area contributed by atoms with Gasteiger partial charge < -0.3 is 15.4 Å². The molecule has 0 aliphatic heterocycles. The number of hydrogen-bond acceptors (Lipinski definition) is 4. The largest absolute Gasteiger partial charge is 0.496 e. The van der Waals surface area contributed by atoms with Crippen LogP contribution >= 0.6 is 0 Å². The summed E-state index contributed by atoms with van der Waals surface area (Å²) in [5.41, 5.74) is 3.04. The first kappa shape index (κ1) is 20.2. The second kappa shape index (κ2) is 9.56. The molecule has 0 fully saturated rings. The van der Waals surface area contributed by atoms with Crippen molar-refractivity contribution in [1.82, 2.24) is 10.6 Å². The van der Waals surface area contributed by atoms with Crippen LogP contribution in [0.2, 0.25) is 0 Å². The maximum atomic E-state index is 10.9. The molecule has 0 heterocycles. The normalized spacial score (nSPS) is 12.4. The van der Waals surface area contributed by atoms with Crippen molar-refractivity contribution in [1.29, 1.82) is 0 Å². The Balaban J connectivity index is 2.17. The first-order valence-electron chi connectivity index (χ1n) is 8.87. The van der Waals surface area contributed by atoms with Gasteiger partial charge >= 0.3 is 0 Å². The summed E-state index contributed by atoms with van der Waals surface area (Å²) in [5, 5.41) is 17.5. The van der Waals surface area contributed by atoms with Crippen LogP contribution in [0, 0.1) is 17.0 Å². The Labute approximate surface area is 159 Å². The third-order valence-corrected chi connectivity index (χ3v) is 4.09. The number of hydrogen-bond donors (Lipinski definition) is 2. The number of nitrogens with zero attached hydrogens (tertiary/aromatic N) is 2. The summed E-state index contributed by atoms with van der Waals surface area (Å²) in [4.78, 5) is 15.1. The summed E-state index contributed by atoms with van der Waals surface area (Å²) in [6, 6.07) is 12.5. The van der Waals surface area contributed by atoms with Crippen LogP contribution in [0.15, 0.2) is 47.5 Å². The van der Waals surface area contributed by atoms with Crippen molar-refractivity contribution in [2.24, 2.45) is 4.99 Å². The molecule has 0 aromatic heterocycles. The van der Waals surface area contributed by atoms with Crippen LogP contribution in [-0.2, 0) is 6.54 Å². The van der Waals surface area contributed by atoms with Gasteiger partial charge in [-0.25, -0.2) is 4.99 Å². The minimum Gasteiger partial charge on any atom is -0.496 e. The molecule has 27 heavy (non-hydrogen) atoms. The summed E-state index contributed by atoms with van der Waals surface area (Å²) in [6.07, 6.45) is 0. The third-order valence-electron chi connectivity index (χ3n) is 4.09. The van der Waals surface area contributed by atoms with Gasteiger partial charge in [0.25, 0.3) is 5.69 Å². The van der Waals surface area contributed by atoms with E-state index in [1.54, 1.807) is 19.2 Å². The van der Waals surface area contributed by atoms with Crippen molar-refractivity contribution >= 4 is 11.6 Å². The summed E-state index contributed by atoms with van der Waals surface area (Å²) in [5.74, 6) is 1.45. The molecule has 2 N–H and O–H groups in total. The fourth-order valence-electron chi connectivity index (χ4n) is 2.73. The Bertz CT molecular complexity index is 821. The Kier molecular flexibility index (Phi) is 7.16. The van der Waals surface area contributed by atoms with Crippen molar-refractivity contribution in [2.45, 2.75) is 33.4 Å². The van der Waals surface area contributed by atoms with E-state index < -0.39 is 4.92 Å². The molecule has 0 radical (unpaired) electrons. The zero-order valence-electron chi connectivity index (χ0n) is 16.2. The Morgan fingerprint density at radius 2 is 2.07 bits per heavy atom. The molecule has 2 rings (SSSR count). The lowest BCUT2D eigenvalue weighted by Crippen LogP contribution is -2.38. The molecule has 1 unspecified atom stereocenters. The maximum absolute atomic E-state index is 10.9. The topological polar surface area (TPSA) is 88.8 Å². The van der Waals surface area contributed by atoms with Crippen LogP contribution in [0.5, 0.6) is 5.75 Å². The molecule has 7 heteroatoms. The van der Waals surface area contributed by atoms with E-state index >= 15 is 0 Å². The molecule has 144 valence electrons. The smallest absolute Gasteiger partial charge is 0.269 e. The number of methoxy groups -OCH3 is 1. The van der Waals surface area contributed by atoms with Crippen molar-refractivity contribution in [3.63, 3.8) is 0 Å². The van der Waals surface area contributed by atoms with Crippen LogP contribution in [0.3, 0.4) is 0 Å². The number of nitrogens with one attached hydrogen (secondary N) is 2. The van der Waals surface area contributed by atoms with Crippen LogP contribution < -0.4 is 15.4 Å². The minimum atomic E-state index is -0.400. The second-order valence-electron chi connectivity index (χ2n) is 6.23. The van der Waals surface area contributed by atoms with Gasteiger partial charge in [-0.2, -0.15) is 0 Å². The predicted octanol–water partition coefficient (Wildman–Crippen LogP) is 3.73. The summed E-state index contributed by atoms with van der Waals surface area (Å²) < 4.78 is 5.46. The van der Waals surface area contributed by atoms with Crippen molar-refractivity contribution < 1.29 is 9.66 Å². The number of ether oxygens (including phenoxy) is 1. The molecule has 0 saturated heterocycles. The van der Waals surface area contributed by atoms with Crippen LogP contribution in [0.1, 0.15) is 36.6 Å². The van der Waals surface area contributed by atoms with E-state index in [0.717, 1.165) is 22.4 Å². The van der Waals surface area contributed by atoms with Crippen molar-refractivity contribution in [3.8, 4) is 5.75 Å². The van der Waals surface area contributed by atoms with Gasteiger partial charge in [0.1, 0.15) is 5.75 Å². The predicted molar refractivity (Wildman–Crippen MR) is 107 cm³/mol. The molecule has 1 atom stereocenters. The number of guanidine groups is 1. The molecule has 0 aliphatic carbocycles. The Hall–Kier alpha value is -3.09. The quantitative estimate of drug-likeness (QED) is 0.335. The number of aryl methyl sites for hydroxylation is 1. The van der Waals surface area contributed by atoms with E-state index in [0.29, 0.717) is 19.0 Å². The molecule has 7 nitrogen and oxygen atoms in total. The second-order valence-corrected chi connectivity index (χ2v) is 6.23. The number of non-ortho nitro benzene ring substituents is 1. The van der Waals surface area contributed by atoms with E-state index in [4.69, 9.17) is 4.74 Å². The fraction of sp³-hybridized carbons (Fsp3) is 0.350. The van der Waals surface area contributed by atoms with Gasteiger partial charge in [0.15, 0.2) is 5.96 Å². The average Bonchev–Trinajstić information content (AvgIpc) is 2.66. The van der Waals surface area contributed by atoms with Crippen molar-refractivity contribution in [2.75, 3.05) is 13.7 Å². The maximum Gasteiger partial charge on any atom is 0.269 e. The van der Waals surface area contributed by atoms with Crippen molar-refractivity contribution in [3.05, 3.63) is 69.3 Å². The number of nitro benzene ring substituents is 1. The number of aliphatic imine (C=N–C) groups is 1. The monoisotopic (exact) mass is 370 g/mol. The Morgan fingerprint density at radius 1 is 1.30 bits per heavy atom. The van der Waals surface area contributed by atoms with E-state index in [2.05, 4.69) is 21.7 Å². The first-order chi connectivity index (χ1) is 12.9. The highest BCUT2D eigenvalue weighted by atomic mass is 16.6. The van der Waals surface area contributed by atoms with E-state index in [-0.39, 0.29) is 11.7 Å². The van der Waals surface area contributed by atoms with E-state index in [1.807, 2.05) is 39.0 Å². The molecule has 0 amide bonds. The molecule has 2 aromatic rings. The SMILES string of the molecule is CCNC(=NCc1cccc([N+](=O)[O-])c1)NC(C)c1cc(C)ccc1OC. The van der Waals surface area contributed by atoms with E-state index in [9.17, 15) is 10.1 Å². The van der Waals surface area contributed by atoms with Gasteiger partial charge in [-0.3, -0.25) is 10.1 Å². The van der Waals surface area contributed by atoms with Gasteiger partial charge in [-0.05, 0) is 32.4 Å². The van der Waals surface area contributed by atoms with Crippen LogP contribution in [0.4, 0.5) is 5.69 Å². The molecular formula is C20H26N4O3. The standard InChI is InChI=1S/C20H26N4O3/c1-5-21-20(22-13-16-7-6-8-17(12-16)24(25)26)23-15(3)18-11-14(2)9-10-19(18)27-4/h6-12,15H,5,13H2,1-4H3,(H2,21,22,23). The third kappa shape index (κ3) is 5.70. The van der Waals surface area contributed by atoms with E-state index in [1.165, 1.54) is 6.07 Å². The lowest BCUT2D eigenvalue weighted by Gasteiger charge is -2.20. The highest BCUT2D eigenvalue weighted by molar-refractivity contribution is 5.80. The van der Waals surface area contributed by atoms with Gasteiger partial charge in [0.05, 0.1) is 24.6 Å². The molecule has 2 aromatic carbocycles. The summed E-state index contributed by atoms with van der Waals surface area (Å²) in [7, 11) is 1.66. The average molecular weight is 370 g/mol. The summed E-state index contributed by atoms with van der Waals surface area (Å²) >= 11 is 0. The first-order valence-corrected chi connectivity index (χ1v) is 8.87. The fourth-order valence-corrected chi connectivity index (χ4v) is 2.73. The minimum absolute atomic E-state index is 0.0252. The number of rotatable bonds is 7. The van der Waals surface area contributed by atoms with Gasteiger partial charge in [0.2, 0.25) is 0 Å². The van der Waals surface area contributed by atoms with Crippen LogP contribution in [-0.4, -0.2) is 24.5 Å². The molecule has 0 aliphatic rings. The zero-order valence-corrected chi connectivity index (χ0v) is 16.2. The molecule has 0 saturated carbocycles. The number of nitro groups is 1. The molecule has 0 bridgehead atoms. The Morgan fingerprint density at radius 3 is 2.74 bits per heavy atom. The van der Waals surface area contributed by atoms with Gasteiger partial charge in [-0.15, -0.1) is 0 Å². The lowest BCUT2D eigenvalue weighted by atomic mass is 10.0. The highest BCUT2D eigenvalue weighted by Gasteiger charge is 2.13.